The fourth-order valence-electron chi connectivity index (χ4n) is 2.96. The van der Waals surface area contributed by atoms with Crippen molar-refractivity contribution in [2.75, 3.05) is 21.9 Å². The van der Waals surface area contributed by atoms with Crippen LogP contribution in [-0.2, 0) is 23.0 Å². The van der Waals surface area contributed by atoms with Crippen LogP contribution in [0.2, 0.25) is 0 Å². The van der Waals surface area contributed by atoms with E-state index >= 15 is 0 Å². The maximum absolute atomic E-state index is 11.8. The molecule has 0 radical (unpaired) electrons. The van der Waals surface area contributed by atoms with Crippen LogP contribution < -0.4 is 9.62 Å². The molecule has 0 aliphatic carbocycles. The van der Waals surface area contributed by atoms with E-state index in [9.17, 15) is 8.42 Å². The van der Waals surface area contributed by atoms with Gasteiger partial charge >= 0.3 is 0 Å². The molecule has 1 heterocycles. The van der Waals surface area contributed by atoms with Crippen molar-refractivity contribution in [3.05, 3.63) is 59.7 Å². The van der Waals surface area contributed by atoms with Crippen LogP contribution in [0.1, 0.15) is 24.5 Å². The summed E-state index contributed by atoms with van der Waals surface area (Å²) in [5, 5.41) is 0. The Balaban J connectivity index is 1.71. The van der Waals surface area contributed by atoms with Crippen molar-refractivity contribution in [1.29, 1.82) is 0 Å². The van der Waals surface area contributed by atoms with Gasteiger partial charge in [-0.2, -0.15) is 0 Å². The van der Waals surface area contributed by atoms with E-state index in [2.05, 4.69) is 33.9 Å². The number of anilines is 2. The molecule has 2 aromatic carbocycles. The number of hydrogen-bond acceptors (Lipinski definition) is 3. The summed E-state index contributed by atoms with van der Waals surface area (Å²) in [6, 6.07) is 16.2. The molecule has 5 heteroatoms. The Morgan fingerprint density at radius 2 is 1.74 bits per heavy atom. The van der Waals surface area contributed by atoms with Crippen molar-refractivity contribution < 1.29 is 8.42 Å². The van der Waals surface area contributed by atoms with E-state index in [1.807, 2.05) is 31.2 Å². The van der Waals surface area contributed by atoms with Gasteiger partial charge in [0.2, 0.25) is 10.0 Å². The molecule has 1 aliphatic rings. The fourth-order valence-corrected chi connectivity index (χ4v) is 4.09. The zero-order valence-corrected chi connectivity index (χ0v) is 14.1. The smallest absolute Gasteiger partial charge is 0.232 e. The predicted octanol–water partition coefficient (Wildman–Crippen LogP) is 3.40. The minimum atomic E-state index is -3.23. The molecule has 0 atom stereocenters. The number of nitrogens with one attached hydrogen (secondary N) is 1. The van der Waals surface area contributed by atoms with E-state index in [-0.39, 0.29) is 5.75 Å². The Morgan fingerprint density at radius 1 is 1.04 bits per heavy atom. The zero-order chi connectivity index (χ0) is 16.3. The Morgan fingerprint density at radius 3 is 2.43 bits per heavy atom. The molecule has 0 aromatic heterocycles. The van der Waals surface area contributed by atoms with E-state index in [1.54, 1.807) is 0 Å². The van der Waals surface area contributed by atoms with Gasteiger partial charge in [-0.1, -0.05) is 31.2 Å². The molecule has 1 N–H and O–H groups in total. The van der Waals surface area contributed by atoms with Crippen LogP contribution >= 0.6 is 0 Å². The first-order valence-electron chi connectivity index (χ1n) is 8.00. The SMILES string of the molecule is CCCS(=O)(=O)Nc1ccc(N2CCc3ccccc3C2)cc1. The monoisotopic (exact) mass is 330 g/mol. The third-order valence-electron chi connectivity index (χ3n) is 4.11. The number of nitrogens with zero attached hydrogens (tertiary/aromatic N) is 1. The Bertz CT molecular complexity index is 770. The van der Waals surface area contributed by atoms with Crippen molar-refractivity contribution in [1.82, 2.24) is 0 Å². The maximum atomic E-state index is 11.8. The second kappa shape index (κ2) is 6.62. The van der Waals surface area contributed by atoms with Crippen LogP contribution in [-0.4, -0.2) is 20.7 Å². The van der Waals surface area contributed by atoms with Crippen LogP contribution in [0, 0.1) is 0 Å². The maximum Gasteiger partial charge on any atom is 0.232 e. The van der Waals surface area contributed by atoms with Gasteiger partial charge in [-0.15, -0.1) is 0 Å². The van der Waals surface area contributed by atoms with Gasteiger partial charge in [0.25, 0.3) is 0 Å². The van der Waals surface area contributed by atoms with Crippen molar-refractivity contribution in [3.8, 4) is 0 Å². The predicted molar refractivity (Wildman–Crippen MR) is 95.3 cm³/mol. The highest BCUT2D eigenvalue weighted by Crippen LogP contribution is 2.25. The van der Waals surface area contributed by atoms with Gasteiger partial charge in [-0.05, 0) is 48.2 Å². The van der Waals surface area contributed by atoms with Gasteiger partial charge in [0.05, 0.1) is 5.75 Å². The normalized spacial score (nSPS) is 14.4. The number of fused-ring (bicyclic) bond motifs is 1. The van der Waals surface area contributed by atoms with Crippen LogP contribution in [0.5, 0.6) is 0 Å². The van der Waals surface area contributed by atoms with E-state index in [0.717, 1.165) is 25.2 Å². The average Bonchev–Trinajstić information content (AvgIpc) is 2.54. The standard InChI is InChI=1S/C18H22N2O2S/c1-2-13-23(21,22)19-17-7-9-18(10-8-17)20-12-11-15-5-3-4-6-16(15)14-20/h3-10,19H,2,11-14H2,1H3. The van der Waals surface area contributed by atoms with Crippen LogP contribution in [0.15, 0.2) is 48.5 Å². The van der Waals surface area contributed by atoms with Gasteiger partial charge in [0, 0.05) is 24.5 Å². The Kier molecular flexibility index (Phi) is 4.57. The molecule has 122 valence electrons. The van der Waals surface area contributed by atoms with Crippen molar-refractivity contribution in [2.45, 2.75) is 26.3 Å². The van der Waals surface area contributed by atoms with E-state index in [0.29, 0.717) is 12.1 Å². The quantitative estimate of drug-likeness (QED) is 0.914. The van der Waals surface area contributed by atoms with Crippen molar-refractivity contribution in [2.24, 2.45) is 0 Å². The van der Waals surface area contributed by atoms with Gasteiger partial charge in [0.1, 0.15) is 0 Å². The number of rotatable bonds is 5. The Labute approximate surface area is 138 Å². The number of hydrogen-bond donors (Lipinski definition) is 1. The molecule has 0 fully saturated rings. The first-order valence-corrected chi connectivity index (χ1v) is 9.65. The molecular formula is C18H22N2O2S. The zero-order valence-electron chi connectivity index (χ0n) is 13.3. The fraction of sp³-hybridized carbons (Fsp3) is 0.333. The Hall–Kier alpha value is -2.01. The lowest BCUT2D eigenvalue weighted by atomic mass is 9.99. The number of sulfonamides is 1. The second-order valence-electron chi connectivity index (χ2n) is 5.91. The van der Waals surface area contributed by atoms with E-state index < -0.39 is 10.0 Å². The molecule has 0 spiro atoms. The summed E-state index contributed by atoms with van der Waals surface area (Å²) >= 11 is 0. The molecule has 2 aromatic rings. The first kappa shape index (κ1) is 15.9. The highest BCUT2D eigenvalue weighted by Gasteiger charge is 2.16. The van der Waals surface area contributed by atoms with Gasteiger partial charge in [-0.25, -0.2) is 8.42 Å². The lowest BCUT2D eigenvalue weighted by Gasteiger charge is -2.30. The highest BCUT2D eigenvalue weighted by molar-refractivity contribution is 7.92. The highest BCUT2D eigenvalue weighted by atomic mass is 32.2. The van der Waals surface area contributed by atoms with Gasteiger partial charge < -0.3 is 4.90 Å². The summed E-state index contributed by atoms with van der Waals surface area (Å²) in [5.74, 6) is 0.150. The molecule has 0 saturated heterocycles. The molecule has 23 heavy (non-hydrogen) atoms. The summed E-state index contributed by atoms with van der Waals surface area (Å²) in [4.78, 5) is 2.33. The molecule has 1 aliphatic heterocycles. The van der Waals surface area contributed by atoms with Crippen LogP contribution in [0.4, 0.5) is 11.4 Å². The molecule has 0 amide bonds. The van der Waals surface area contributed by atoms with E-state index in [4.69, 9.17) is 0 Å². The lowest BCUT2D eigenvalue weighted by molar-refractivity contribution is 0.600. The summed E-state index contributed by atoms with van der Waals surface area (Å²) in [7, 11) is -3.23. The molecule has 0 bridgehead atoms. The number of benzene rings is 2. The van der Waals surface area contributed by atoms with Gasteiger partial charge in [-0.3, -0.25) is 4.72 Å². The second-order valence-corrected chi connectivity index (χ2v) is 7.75. The summed E-state index contributed by atoms with van der Waals surface area (Å²) < 4.78 is 26.2. The summed E-state index contributed by atoms with van der Waals surface area (Å²) in [5.41, 5.74) is 4.54. The van der Waals surface area contributed by atoms with E-state index in [1.165, 1.54) is 11.1 Å². The minimum Gasteiger partial charge on any atom is -0.367 e. The average molecular weight is 330 g/mol. The third kappa shape index (κ3) is 3.85. The molecule has 0 saturated carbocycles. The van der Waals surface area contributed by atoms with Crippen molar-refractivity contribution in [3.63, 3.8) is 0 Å². The van der Waals surface area contributed by atoms with Gasteiger partial charge in [0.15, 0.2) is 0 Å². The van der Waals surface area contributed by atoms with Crippen molar-refractivity contribution >= 4 is 21.4 Å². The molecule has 4 nitrogen and oxygen atoms in total. The third-order valence-corrected chi connectivity index (χ3v) is 5.60. The topological polar surface area (TPSA) is 49.4 Å². The van der Waals surface area contributed by atoms with Crippen LogP contribution in [0.25, 0.3) is 0 Å². The summed E-state index contributed by atoms with van der Waals surface area (Å²) in [6.45, 7) is 3.74. The lowest BCUT2D eigenvalue weighted by Crippen LogP contribution is -2.30. The first-order chi connectivity index (χ1) is 11.1. The summed E-state index contributed by atoms with van der Waals surface area (Å²) in [6.07, 6.45) is 1.65. The molecule has 0 unspecified atom stereocenters. The molecule has 3 rings (SSSR count). The van der Waals surface area contributed by atoms with Crippen LogP contribution in [0.3, 0.4) is 0 Å². The largest absolute Gasteiger partial charge is 0.367 e. The minimum absolute atomic E-state index is 0.150. The molecular weight excluding hydrogens is 308 g/mol.